The van der Waals surface area contributed by atoms with Crippen molar-refractivity contribution in [3.05, 3.63) is 80.3 Å². The third-order valence-corrected chi connectivity index (χ3v) is 4.32. The molecule has 0 aliphatic carbocycles. The van der Waals surface area contributed by atoms with Crippen LogP contribution in [0, 0.1) is 0 Å². The van der Waals surface area contributed by atoms with Crippen LogP contribution in [-0.2, 0) is 6.42 Å². The summed E-state index contributed by atoms with van der Waals surface area (Å²) in [5.74, 6) is 0. The molecule has 0 amide bonds. The topological polar surface area (TPSA) is 17.1 Å². The van der Waals surface area contributed by atoms with Crippen LogP contribution in [0.5, 0.6) is 0 Å². The van der Waals surface area contributed by atoms with Crippen molar-refractivity contribution < 1.29 is 0 Å². The second kappa shape index (κ2) is 5.16. The maximum atomic E-state index is 12.4. The Morgan fingerprint density at radius 1 is 1.00 bits per heavy atom. The first kappa shape index (κ1) is 12.4. The lowest BCUT2D eigenvalue weighted by Crippen LogP contribution is -2.08. The van der Waals surface area contributed by atoms with Crippen LogP contribution >= 0.6 is 22.9 Å². The summed E-state index contributed by atoms with van der Waals surface area (Å²) < 4.78 is 1.03. The summed E-state index contributed by atoms with van der Waals surface area (Å²) in [7, 11) is 0. The monoisotopic (exact) mass is 286 g/mol. The molecule has 0 saturated carbocycles. The molecule has 1 aromatic heterocycles. The summed E-state index contributed by atoms with van der Waals surface area (Å²) in [5, 5.41) is 3.48. The van der Waals surface area contributed by atoms with Crippen LogP contribution < -0.4 is 5.43 Å². The van der Waals surface area contributed by atoms with Gasteiger partial charge in [-0.25, -0.2) is 0 Å². The van der Waals surface area contributed by atoms with Gasteiger partial charge in [-0.3, -0.25) is 4.79 Å². The normalized spacial score (nSPS) is 10.8. The van der Waals surface area contributed by atoms with Gasteiger partial charge in [0.25, 0.3) is 0 Å². The van der Waals surface area contributed by atoms with Gasteiger partial charge in [0.05, 0.1) is 0 Å². The molecule has 0 fully saturated rings. The van der Waals surface area contributed by atoms with E-state index in [1.54, 1.807) is 11.3 Å². The molecule has 0 bridgehead atoms. The van der Waals surface area contributed by atoms with Gasteiger partial charge in [0.15, 0.2) is 5.43 Å². The molecule has 0 unspecified atom stereocenters. The molecule has 0 spiro atoms. The van der Waals surface area contributed by atoms with Gasteiger partial charge in [0, 0.05) is 27.1 Å². The first-order chi connectivity index (χ1) is 9.24. The Balaban J connectivity index is 2.04. The Kier molecular flexibility index (Phi) is 3.36. The number of hydrogen-bond donors (Lipinski definition) is 0. The molecule has 0 aliphatic heterocycles. The van der Waals surface area contributed by atoms with Gasteiger partial charge in [-0.05, 0) is 35.2 Å². The van der Waals surface area contributed by atoms with Gasteiger partial charge >= 0.3 is 0 Å². The summed E-state index contributed by atoms with van der Waals surface area (Å²) in [5.41, 5.74) is 2.07. The van der Waals surface area contributed by atoms with E-state index < -0.39 is 0 Å². The highest BCUT2D eigenvalue weighted by Crippen LogP contribution is 2.18. The third kappa shape index (κ3) is 2.55. The van der Waals surface area contributed by atoms with Crippen molar-refractivity contribution in [1.82, 2.24) is 0 Å². The molecule has 3 aromatic rings. The molecule has 0 radical (unpaired) electrons. The Hall–Kier alpha value is -1.64. The summed E-state index contributed by atoms with van der Waals surface area (Å²) in [6.45, 7) is 0. The van der Waals surface area contributed by atoms with Crippen LogP contribution in [0.2, 0.25) is 5.02 Å². The molecule has 2 aromatic carbocycles. The molecule has 3 heteroatoms. The van der Waals surface area contributed by atoms with Gasteiger partial charge in [0.1, 0.15) is 0 Å². The zero-order valence-electron chi connectivity index (χ0n) is 10.1. The van der Waals surface area contributed by atoms with E-state index in [0.717, 1.165) is 21.2 Å². The zero-order chi connectivity index (χ0) is 13.2. The van der Waals surface area contributed by atoms with Gasteiger partial charge in [0.2, 0.25) is 0 Å². The molecular weight excluding hydrogens is 276 g/mol. The van der Waals surface area contributed by atoms with Crippen LogP contribution in [-0.4, -0.2) is 0 Å². The molecule has 94 valence electrons. The lowest BCUT2D eigenvalue weighted by molar-refractivity contribution is 1.19. The average Bonchev–Trinajstić information content (AvgIpc) is 2.45. The van der Waals surface area contributed by atoms with Crippen LogP contribution in [0.4, 0.5) is 0 Å². The number of fused-ring (bicyclic) bond motifs is 1. The average molecular weight is 287 g/mol. The SMILES string of the molecule is O=c1c(Cc2ccc(Cl)cc2)csc2ccccc12. The van der Waals surface area contributed by atoms with Crippen molar-refractivity contribution in [3.63, 3.8) is 0 Å². The second-order valence-electron chi connectivity index (χ2n) is 4.39. The second-order valence-corrected chi connectivity index (χ2v) is 5.74. The Morgan fingerprint density at radius 2 is 1.74 bits per heavy atom. The van der Waals surface area contributed by atoms with E-state index >= 15 is 0 Å². The fraction of sp³-hybridized carbons (Fsp3) is 0.0625. The molecule has 1 nitrogen and oxygen atoms in total. The smallest absolute Gasteiger partial charge is 0.191 e. The summed E-state index contributed by atoms with van der Waals surface area (Å²) >= 11 is 7.48. The Bertz CT molecular complexity index is 775. The van der Waals surface area contributed by atoms with E-state index in [9.17, 15) is 4.79 Å². The van der Waals surface area contributed by atoms with Crippen molar-refractivity contribution in [2.24, 2.45) is 0 Å². The molecular formula is C16H11ClOS. The predicted octanol–water partition coefficient (Wildman–Crippen LogP) is 4.51. The highest BCUT2D eigenvalue weighted by molar-refractivity contribution is 7.16. The van der Waals surface area contributed by atoms with Gasteiger partial charge in [-0.15, -0.1) is 11.3 Å². The van der Waals surface area contributed by atoms with E-state index in [4.69, 9.17) is 11.6 Å². The first-order valence-corrected chi connectivity index (χ1v) is 7.24. The molecule has 0 aliphatic rings. The van der Waals surface area contributed by atoms with Gasteiger partial charge in [-0.1, -0.05) is 35.9 Å². The predicted molar refractivity (Wildman–Crippen MR) is 82.4 cm³/mol. The maximum absolute atomic E-state index is 12.4. The highest BCUT2D eigenvalue weighted by atomic mass is 35.5. The van der Waals surface area contributed by atoms with E-state index in [-0.39, 0.29) is 5.43 Å². The van der Waals surface area contributed by atoms with E-state index in [1.807, 2.05) is 53.9 Å². The van der Waals surface area contributed by atoms with Crippen LogP contribution in [0.1, 0.15) is 11.1 Å². The molecule has 3 rings (SSSR count). The zero-order valence-corrected chi connectivity index (χ0v) is 11.7. The Labute approximate surface area is 120 Å². The number of benzene rings is 2. The van der Waals surface area contributed by atoms with E-state index in [1.165, 1.54) is 0 Å². The number of hydrogen-bond acceptors (Lipinski definition) is 2. The molecule has 0 atom stereocenters. The minimum atomic E-state index is 0.129. The standard InChI is InChI=1S/C16H11ClOS/c17-13-7-5-11(6-8-13)9-12-10-19-15-4-2-1-3-14(15)16(12)18/h1-8,10H,9H2. The van der Waals surface area contributed by atoms with Crippen molar-refractivity contribution >= 4 is 33.0 Å². The van der Waals surface area contributed by atoms with Gasteiger partial charge in [-0.2, -0.15) is 0 Å². The van der Waals surface area contributed by atoms with E-state index in [2.05, 4.69) is 0 Å². The summed E-state index contributed by atoms with van der Waals surface area (Å²) in [4.78, 5) is 12.4. The number of rotatable bonds is 2. The van der Waals surface area contributed by atoms with Crippen LogP contribution in [0.15, 0.2) is 58.7 Å². The minimum Gasteiger partial charge on any atom is -0.289 e. The molecule has 1 heterocycles. The molecule has 0 N–H and O–H groups in total. The van der Waals surface area contributed by atoms with Crippen molar-refractivity contribution in [2.75, 3.05) is 0 Å². The van der Waals surface area contributed by atoms with E-state index in [0.29, 0.717) is 11.4 Å². The Morgan fingerprint density at radius 3 is 2.53 bits per heavy atom. The number of halogens is 1. The maximum Gasteiger partial charge on any atom is 0.191 e. The van der Waals surface area contributed by atoms with Crippen LogP contribution in [0.25, 0.3) is 10.1 Å². The van der Waals surface area contributed by atoms with Crippen molar-refractivity contribution in [1.29, 1.82) is 0 Å². The van der Waals surface area contributed by atoms with Crippen molar-refractivity contribution in [3.8, 4) is 0 Å². The first-order valence-electron chi connectivity index (χ1n) is 5.98. The largest absolute Gasteiger partial charge is 0.289 e. The molecule has 0 saturated heterocycles. The summed E-state index contributed by atoms with van der Waals surface area (Å²) in [6, 6.07) is 15.4. The fourth-order valence-corrected chi connectivity index (χ4v) is 3.09. The summed E-state index contributed by atoms with van der Waals surface area (Å²) in [6.07, 6.45) is 0.650. The lowest BCUT2D eigenvalue weighted by atomic mass is 10.1. The fourth-order valence-electron chi connectivity index (χ4n) is 2.06. The minimum absolute atomic E-state index is 0.129. The lowest BCUT2D eigenvalue weighted by Gasteiger charge is -2.03. The molecule has 19 heavy (non-hydrogen) atoms. The quantitative estimate of drug-likeness (QED) is 0.677. The third-order valence-electron chi connectivity index (χ3n) is 3.06. The highest BCUT2D eigenvalue weighted by Gasteiger charge is 2.05. The van der Waals surface area contributed by atoms with Gasteiger partial charge < -0.3 is 0 Å². The van der Waals surface area contributed by atoms with Crippen molar-refractivity contribution in [2.45, 2.75) is 6.42 Å². The van der Waals surface area contributed by atoms with Crippen LogP contribution in [0.3, 0.4) is 0 Å².